The molecule has 0 amide bonds. The largest absolute Gasteiger partial charge is 0.507 e. The van der Waals surface area contributed by atoms with Crippen LogP contribution in [0.15, 0.2) is 54.6 Å². The normalized spacial score (nSPS) is 13.2. The Bertz CT molecular complexity index is 1430. The van der Waals surface area contributed by atoms with Gasteiger partial charge in [0, 0.05) is 41.6 Å². The molecule has 1 unspecified atom stereocenters. The van der Waals surface area contributed by atoms with E-state index in [4.69, 9.17) is 4.74 Å². The number of phenolic OH excluding ortho intramolecular Hbond substituents is 1. The molecule has 0 aliphatic carbocycles. The van der Waals surface area contributed by atoms with Gasteiger partial charge in [-0.25, -0.2) is 18.0 Å². The topological polar surface area (TPSA) is 71.7 Å². The second kappa shape index (κ2) is 9.11. The van der Waals surface area contributed by atoms with Crippen molar-refractivity contribution < 1.29 is 32.9 Å². The third-order valence-electron chi connectivity index (χ3n) is 6.41. The van der Waals surface area contributed by atoms with Crippen LogP contribution in [0.2, 0.25) is 0 Å². The van der Waals surface area contributed by atoms with Gasteiger partial charge < -0.3 is 19.5 Å². The first kappa shape index (κ1) is 24.3. The van der Waals surface area contributed by atoms with Crippen LogP contribution in [0.25, 0.3) is 27.7 Å². The predicted molar refractivity (Wildman–Crippen MR) is 127 cm³/mol. The molecule has 1 aromatic heterocycles. The van der Waals surface area contributed by atoms with Crippen LogP contribution in [0.3, 0.4) is 0 Å². The Morgan fingerprint density at radius 1 is 1.03 bits per heavy atom. The molecule has 0 bridgehead atoms. The fourth-order valence-corrected chi connectivity index (χ4v) is 4.54. The molecule has 5 nitrogen and oxygen atoms in total. The number of fused-ring (bicyclic) bond motifs is 1. The number of phenols is 1. The average molecular weight is 483 g/mol. The van der Waals surface area contributed by atoms with E-state index in [1.807, 2.05) is 13.8 Å². The van der Waals surface area contributed by atoms with Crippen LogP contribution < -0.4 is 0 Å². The fraction of sp³-hybridized carbons (Fsp3) is 0.222. The van der Waals surface area contributed by atoms with E-state index in [9.17, 15) is 28.2 Å². The molecule has 35 heavy (non-hydrogen) atoms. The minimum atomic E-state index is -1.09. The van der Waals surface area contributed by atoms with Crippen LogP contribution in [0.5, 0.6) is 5.75 Å². The number of aromatic nitrogens is 1. The van der Waals surface area contributed by atoms with Gasteiger partial charge in [0.2, 0.25) is 0 Å². The van der Waals surface area contributed by atoms with E-state index in [0.29, 0.717) is 28.6 Å². The predicted octanol–water partition coefficient (Wildman–Crippen LogP) is 6.43. The van der Waals surface area contributed by atoms with Gasteiger partial charge in [-0.1, -0.05) is 26.0 Å². The van der Waals surface area contributed by atoms with Gasteiger partial charge in [-0.05, 0) is 42.3 Å². The van der Waals surface area contributed by atoms with Crippen molar-refractivity contribution in [3.05, 3.63) is 83.3 Å². The average Bonchev–Trinajstić information content (AvgIpc) is 3.17. The molecule has 0 aliphatic rings. The molecule has 4 aromatic rings. The number of aromatic carboxylic acids is 1. The Balaban J connectivity index is 2.22. The van der Waals surface area contributed by atoms with Crippen LogP contribution >= 0.6 is 0 Å². The van der Waals surface area contributed by atoms with Gasteiger partial charge in [-0.2, -0.15) is 0 Å². The minimum absolute atomic E-state index is 0.0741. The molecule has 1 heterocycles. The summed E-state index contributed by atoms with van der Waals surface area (Å²) in [6, 6.07) is 11.6. The van der Waals surface area contributed by atoms with Crippen molar-refractivity contribution in [3.8, 4) is 22.6 Å². The van der Waals surface area contributed by atoms with Crippen LogP contribution in [-0.2, 0) is 10.2 Å². The van der Waals surface area contributed by atoms with Gasteiger partial charge in [-0.15, -0.1) is 0 Å². The summed E-state index contributed by atoms with van der Waals surface area (Å²) in [6.07, 6.45) is 0.546. The highest BCUT2D eigenvalue weighted by Gasteiger charge is 2.35. The van der Waals surface area contributed by atoms with Gasteiger partial charge in [0.15, 0.2) is 11.6 Å². The Hall–Kier alpha value is -3.78. The number of hydrogen-bond donors (Lipinski definition) is 2. The number of benzene rings is 3. The van der Waals surface area contributed by atoms with E-state index in [1.165, 1.54) is 31.4 Å². The lowest BCUT2D eigenvalue weighted by atomic mass is 9.80. The molecular weight excluding hydrogens is 459 g/mol. The number of carboxylic acids is 1. The number of hydrogen-bond acceptors (Lipinski definition) is 3. The number of methoxy groups -OCH3 is 1. The second-order valence-corrected chi connectivity index (χ2v) is 8.71. The first-order valence-electron chi connectivity index (χ1n) is 11.0. The van der Waals surface area contributed by atoms with E-state index >= 15 is 0 Å². The molecule has 8 heteroatoms. The van der Waals surface area contributed by atoms with Crippen molar-refractivity contribution in [3.63, 3.8) is 0 Å². The lowest BCUT2D eigenvalue weighted by Gasteiger charge is -2.31. The zero-order valence-electron chi connectivity index (χ0n) is 19.4. The van der Waals surface area contributed by atoms with E-state index in [2.05, 4.69) is 0 Å². The number of nitrogens with zero attached hydrogens (tertiary/aromatic N) is 1. The zero-order valence-corrected chi connectivity index (χ0v) is 19.4. The van der Waals surface area contributed by atoms with E-state index < -0.39 is 28.8 Å². The quantitative estimate of drug-likeness (QED) is 0.318. The SMILES string of the molecule is CCC(C)(COC)c1c(-c2ccc(C(=O)O)cc2)c2c(O)cc(F)cc2n1-c1ccc(F)c(F)c1. The molecule has 2 N–H and O–H groups in total. The number of carboxylic acid groups (broad SMARTS) is 1. The third-order valence-corrected chi connectivity index (χ3v) is 6.41. The Morgan fingerprint density at radius 3 is 2.29 bits per heavy atom. The van der Waals surface area contributed by atoms with Gasteiger partial charge in [-0.3, -0.25) is 0 Å². The first-order chi connectivity index (χ1) is 16.6. The third kappa shape index (κ3) is 4.14. The molecule has 0 radical (unpaired) electrons. The summed E-state index contributed by atoms with van der Waals surface area (Å²) in [7, 11) is 1.54. The van der Waals surface area contributed by atoms with Gasteiger partial charge in [0.05, 0.1) is 23.1 Å². The molecule has 1 atom stereocenters. The van der Waals surface area contributed by atoms with Gasteiger partial charge >= 0.3 is 5.97 Å². The summed E-state index contributed by atoms with van der Waals surface area (Å²) >= 11 is 0. The molecule has 0 saturated carbocycles. The van der Waals surface area contributed by atoms with Gasteiger partial charge in [0.1, 0.15) is 11.6 Å². The Labute approximate surface area is 200 Å². The van der Waals surface area contributed by atoms with Crippen LogP contribution in [0, 0.1) is 17.5 Å². The summed E-state index contributed by atoms with van der Waals surface area (Å²) in [4.78, 5) is 11.4. The molecule has 0 aliphatic heterocycles. The van der Waals surface area contributed by atoms with Crippen LogP contribution in [-0.4, -0.2) is 34.5 Å². The molecule has 3 aromatic carbocycles. The summed E-state index contributed by atoms with van der Waals surface area (Å²) in [6.45, 7) is 4.08. The molecule has 0 fully saturated rings. The fourth-order valence-electron chi connectivity index (χ4n) is 4.54. The summed E-state index contributed by atoms with van der Waals surface area (Å²) in [5.74, 6) is -4.24. The Morgan fingerprint density at radius 2 is 1.71 bits per heavy atom. The minimum Gasteiger partial charge on any atom is -0.507 e. The van der Waals surface area contributed by atoms with Crippen molar-refractivity contribution in [2.45, 2.75) is 25.7 Å². The van der Waals surface area contributed by atoms with Crippen molar-refractivity contribution >= 4 is 16.9 Å². The van der Waals surface area contributed by atoms with Crippen molar-refractivity contribution in [2.24, 2.45) is 0 Å². The Kier molecular flexibility index (Phi) is 6.34. The van der Waals surface area contributed by atoms with E-state index in [1.54, 1.807) is 16.7 Å². The smallest absolute Gasteiger partial charge is 0.335 e. The van der Waals surface area contributed by atoms with Crippen molar-refractivity contribution in [2.75, 3.05) is 13.7 Å². The highest BCUT2D eigenvalue weighted by Crippen LogP contribution is 2.47. The van der Waals surface area contributed by atoms with Crippen LogP contribution in [0.4, 0.5) is 13.2 Å². The maximum atomic E-state index is 14.6. The van der Waals surface area contributed by atoms with Crippen LogP contribution in [0.1, 0.15) is 36.3 Å². The number of ether oxygens (including phenoxy) is 1. The summed E-state index contributed by atoms with van der Waals surface area (Å²) in [5, 5.41) is 20.5. The first-order valence-corrected chi connectivity index (χ1v) is 11.0. The number of rotatable bonds is 7. The molecule has 0 saturated heterocycles. The standard InChI is InChI=1S/C27H24F3NO4/c1-4-27(2,14-35-3)25-23(15-5-7-16(8-6-15)26(33)34)24-21(11-17(28)12-22(24)32)31(25)18-9-10-19(29)20(30)13-18/h5-13,32H,4,14H2,1-3H3,(H,33,34). The van der Waals surface area contributed by atoms with Crippen molar-refractivity contribution in [1.82, 2.24) is 4.57 Å². The summed E-state index contributed by atoms with van der Waals surface area (Å²) in [5.41, 5.74) is 1.49. The van der Waals surface area contributed by atoms with E-state index in [-0.39, 0.29) is 29.1 Å². The highest BCUT2D eigenvalue weighted by atomic mass is 19.2. The van der Waals surface area contributed by atoms with E-state index in [0.717, 1.165) is 18.2 Å². The monoisotopic (exact) mass is 483 g/mol. The molecule has 0 spiro atoms. The molecular formula is C27H24F3NO4. The van der Waals surface area contributed by atoms with Crippen molar-refractivity contribution in [1.29, 1.82) is 0 Å². The number of aromatic hydroxyl groups is 1. The maximum Gasteiger partial charge on any atom is 0.335 e. The number of halogens is 3. The highest BCUT2D eigenvalue weighted by molar-refractivity contribution is 6.04. The lowest BCUT2D eigenvalue weighted by molar-refractivity contribution is 0.0697. The zero-order chi connectivity index (χ0) is 25.5. The molecule has 182 valence electrons. The maximum absolute atomic E-state index is 14.6. The molecule has 4 rings (SSSR count). The van der Waals surface area contributed by atoms with Gasteiger partial charge in [0.25, 0.3) is 0 Å². The number of carbonyl (C=O) groups is 1. The second-order valence-electron chi connectivity index (χ2n) is 8.71. The summed E-state index contributed by atoms with van der Waals surface area (Å²) < 4.78 is 49.8. The lowest BCUT2D eigenvalue weighted by Crippen LogP contribution is -2.30.